The molecule has 0 aliphatic carbocycles. The van der Waals surface area contributed by atoms with Crippen LogP contribution in [0.1, 0.15) is 15.5 Å². The number of carbonyl (C=O) groups is 1. The fraction of sp³-hybridized carbons (Fsp3) is 0.200. The molecule has 88 valence electrons. The lowest BCUT2D eigenvalue weighted by Gasteiger charge is -1.98. The topological polar surface area (TPSA) is 77.0 Å². The minimum Gasteiger partial charge on any atom is -0.377 e. The average Bonchev–Trinajstić information content (AvgIpc) is 2.78. The molecule has 6 nitrogen and oxygen atoms in total. The average molecular weight is 250 g/mol. The predicted octanol–water partition coefficient (Wildman–Crippen LogP) is 1.33. The molecule has 2 rings (SSSR count). The van der Waals surface area contributed by atoms with E-state index in [-0.39, 0.29) is 5.91 Å². The van der Waals surface area contributed by atoms with Crippen LogP contribution in [0.3, 0.4) is 0 Å². The van der Waals surface area contributed by atoms with E-state index in [4.69, 9.17) is 4.74 Å². The molecule has 0 radical (unpaired) electrons. The summed E-state index contributed by atoms with van der Waals surface area (Å²) in [7, 11) is 1.58. The molecule has 0 spiro atoms. The maximum Gasteiger partial charge on any atom is 0.276 e. The Morgan fingerprint density at radius 2 is 2.35 bits per heavy atom. The van der Waals surface area contributed by atoms with Crippen LogP contribution in [0.15, 0.2) is 24.4 Å². The van der Waals surface area contributed by atoms with Gasteiger partial charge in [-0.2, -0.15) is 0 Å². The van der Waals surface area contributed by atoms with Gasteiger partial charge >= 0.3 is 0 Å². The number of aromatic nitrogens is 3. The third-order valence-electron chi connectivity index (χ3n) is 1.85. The number of hydrogen-bond donors (Lipinski definition) is 1. The maximum absolute atomic E-state index is 11.7. The molecule has 2 heterocycles. The van der Waals surface area contributed by atoms with Gasteiger partial charge in [-0.1, -0.05) is 17.4 Å². The number of rotatable bonds is 4. The molecule has 0 aliphatic heterocycles. The first-order valence-electron chi connectivity index (χ1n) is 4.83. The van der Waals surface area contributed by atoms with Gasteiger partial charge in [-0.15, -0.1) is 10.2 Å². The van der Waals surface area contributed by atoms with Crippen LogP contribution >= 0.6 is 11.3 Å². The summed E-state index contributed by atoms with van der Waals surface area (Å²) in [5, 5.41) is 11.5. The van der Waals surface area contributed by atoms with Gasteiger partial charge in [-0.3, -0.25) is 15.1 Å². The van der Waals surface area contributed by atoms with E-state index in [0.29, 0.717) is 22.4 Å². The van der Waals surface area contributed by atoms with Crippen molar-refractivity contribution in [2.75, 3.05) is 12.4 Å². The Morgan fingerprint density at radius 1 is 1.47 bits per heavy atom. The van der Waals surface area contributed by atoms with E-state index in [2.05, 4.69) is 20.5 Å². The summed E-state index contributed by atoms with van der Waals surface area (Å²) in [4.78, 5) is 15.7. The molecule has 7 heteroatoms. The van der Waals surface area contributed by atoms with Gasteiger partial charge in [0.15, 0.2) is 0 Å². The highest BCUT2D eigenvalue weighted by Crippen LogP contribution is 2.16. The summed E-state index contributed by atoms with van der Waals surface area (Å²) in [6.07, 6.45) is 1.56. The number of anilines is 1. The monoisotopic (exact) mass is 250 g/mol. The summed E-state index contributed by atoms with van der Waals surface area (Å²) in [6.45, 7) is 0.386. The summed E-state index contributed by atoms with van der Waals surface area (Å²) in [5.41, 5.74) is 0.344. The quantitative estimate of drug-likeness (QED) is 0.885. The number of carbonyl (C=O) groups excluding carboxylic acids is 1. The first-order chi connectivity index (χ1) is 8.29. The molecule has 1 amide bonds. The van der Waals surface area contributed by atoms with Gasteiger partial charge in [0.05, 0.1) is 0 Å². The van der Waals surface area contributed by atoms with E-state index in [1.165, 1.54) is 11.3 Å². The Bertz CT molecular complexity index is 500. The van der Waals surface area contributed by atoms with Crippen molar-refractivity contribution in [2.24, 2.45) is 0 Å². The summed E-state index contributed by atoms with van der Waals surface area (Å²) < 4.78 is 4.91. The number of amides is 1. The highest BCUT2D eigenvalue weighted by atomic mass is 32.1. The van der Waals surface area contributed by atoms with E-state index in [0.717, 1.165) is 0 Å². The van der Waals surface area contributed by atoms with E-state index in [1.54, 1.807) is 31.5 Å². The van der Waals surface area contributed by atoms with E-state index >= 15 is 0 Å². The van der Waals surface area contributed by atoms with E-state index in [1.807, 2.05) is 0 Å². The highest BCUT2D eigenvalue weighted by Gasteiger charge is 2.10. The minimum atomic E-state index is -0.300. The van der Waals surface area contributed by atoms with Gasteiger partial charge in [0.1, 0.15) is 17.3 Å². The lowest BCUT2D eigenvalue weighted by atomic mass is 10.3. The Labute approximate surface area is 102 Å². The second-order valence-corrected chi connectivity index (χ2v) is 4.17. The molecule has 0 aliphatic rings. The number of hydrogen-bond acceptors (Lipinski definition) is 6. The fourth-order valence-corrected chi connectivity index (χ4v) is 1.85. The minimum absolute atomic E-state index is 0.300. The van der Waals surface area contributed by atoms with Crippen LogP contribution in [0, 0.1) is 0 Å². The Morgan fingerprint density at radius 3 is 3.06 bits per heavy atom. The molecule has 0 aromatic carbocycles. The van der Waals surface area contributed by atoms with Crippen LogP contribution in [0.5, 0.6) is 0 Å². The van der Waals surface area contributed by atoms with Gasteiger partial charge in [0, 0.05) is 13.3 Å². The van der Waals surface area contributed by atoms with Gasteiger partial charge < -0.3 is 4.74 Å². The SMILES string of the molecule is COCc1nnc(NC(=O)c2ccccn2)s1. The fourth-order valence-electron chi connectivity index (χ4n) is 1.14. The maximum atomic E-state index is 11.7. The molecule has 1 N–H and O–H groups in total. The highest BCUT2D eigenvalue weighted by molar-refractivity contribution is 7.15. The van der Waals surface area contributed by atoms with Gasteiger partial charge in [-0.05, 0) is 12.1 Å². The zero-order valence-electron chi connectivity index (χ0n) is 9.08. The lowest BCUT2D eigenvalue weighted by molar-refractivity contribution is 0.102. The molecule has 0 fully saturated rings. The number of methoxy groups -OCH3 is 1. The van der Waals surface area contributed by atoms with Crippen molar-refractivity contribution in [2.45, 2.75) is 6.61 Å². The van der Waals surface area contributed by atoms with E-state index in [9.17, 15) is 4.79 Å². The molecule has 0 unspecified atom stereocenters. The van der Waals surface area contributed by atoms with Crippen LogP contribution in [-0.4, -0.2) is 28.2 Å². The molecule has 0 bridgehead atoms. The van der Waals surface area contributed by atoms with Crippen LogP contribution in [0.2, 0.25) is 0 Å². The third kappa shape index (κ3) is 3.05. The first kappa shape index (κ1) is 11.6. The molecule has 2 aromatic heterocycles. The lowest BCUT2D eigenvalue weighted by Crippen LogP contribution is -2.13. The smallest absolute Gasteiger partial charge is 0.276 e. The third-order valence-corrected chi connectivity index (χ3v) is 2.66. The zero-order valence-corrected chi connectivity index (χ0v) is 9.90. The number of pyridine rings is 1. The number of nitrogens with one attached hydrogen (secondary N) is 1. The molecule has 0 atom stereocenters. The molecular formula is C10H10N4O2S. The van der Waals surface area contributed by atoms with Crippen molar-refractivity contribution < 1.29 is 9.53 Å². The predicted molar refractivity (Wildman–Crippen MR) is 62.8 cm³/mol. The Balaban J connectivity index is 2.03. The second kappa shape index (κ2) is 5.46. The molecular weight excluding hydrogens is 240 g/mol. The Hall–Kier alpha value is -1.86. The standard InChI is InChI=1S/C10H10N4O2S/c1-16-6-8-13-14-10(17-8)12-9(15)7-4-2-3-5-11-7/h2-5H,6H2,1H3,(H,12,14,15). The summed E-state index contributed by atoms with van der Waals surface area (Å²) in [5.74, 6) is -0.300. The van der Waals surface area contributed by atoms with Gasteiger partial charge in [0.2, 0.25) is 5.13 Å². The Kier molecular flexibility index (Phi) is 3.73. The van der Waals surface area contributed by atoms with Crippen molar-refractivity contribution in [1.82, 2.24) is 15.2 Å². The second-order valence-electron chi connectivity index (χ2n) is 3.10. The van der Waals surface area contributed by atoms with Crippen molar-refractivity contribution in [3.8, 4) is 0 Å². The summed E-state index contributed by atoms with van der Waals surface area (Å²) >= 11 is 1.27. The first-order valence-corrected chi connectivity index (χ1v) is 5.65. The van der Waals surface area contributed by atoms with E-state index < -0.39 is 0 Å². The van der Waals surface area contributed by atoms with Crippen molar-refractivity contribution >= 4 is 22.4 Å². The molecule has 0 saturated heterocycles. The summed E-state index contributed by atoms with van der Waals surface area (Å²) in [6, 6.07) is 5.13. The van der Waals surface area contributed by atoms with Gasteiger partial charge in [-0.25, -0.2) is 0 Å². The number of nitrogens with zero attached hydrogens (tertiary/aromatic N) is 3. The molecule has 0 saturated carbocycles. The molecule has 2 aromatic rings. The van der Waals surface area contributed by atoms with Crippen LogP contribution in [0.25, 0.3) is 0 Å². The largest absolute Gasteiger partial charge is 0.377 e. The van der Waals surface area contributed by atoms with Crippen LogP contribution in [-0.2, 0) is 11.3 Å². The zero-order chi connectivity index (χ0) is 12.1. The normalized spacial score (nSPS) is 10.2. The van der Waals surface area contributed by atoms with Crippen LogP contribution < -0.4 is 5.32 Å². The van der Waals surface area contributed by atoms with Crippen molar-refractivity contribution in [3.63, 3.8) is 0 Å². The molecule has 17 heavy (non-hydrogen) atoms. The van der Waals surface area contributed by atoms with Crippen LogP contribution in [0.4, 0.5) is 5.13 Å². The van der Waals surface area contributed by atoms with Gasteiger partial charge in [0.25, 0.3) is 5.91 Å². The van der Waals surface area contributed by atoms with Crippen molar-refractivity contribution in [3.05, 3.63) is 35.1 Å². The van der Waals surface area contributed by atoms with Crippen molar-refractivity contribution in [1.29, 1.82) is 0 Å². The number of ether oxygens (including phenoxy) is 1.